The fourth-order valence-electron chi connectivity index (χ4n) is 3.10. The summed E-state index contributed by atoms with van der Waals surface area (Å²) in [6, 6.07) is 13.3. The highest BCUT2D eigenvalue weighted by Gasteiger charge is 2.22. The maximum atomic E-state index is 11.9. The fourth-order valence-corrected chi connectivity index (χ4v) is 3.23. The van der Waals surface area contributed by atoms with E-state index in [1.165, 1.54) is 0 Å². The van der Waals surface area contributed by atoms with Gasteiger partial charge in [0.1, 0.15) is 24.5 Å². The Hall–Kier alpha value is -2.57. The van der Waals surface area contributed by atoms with E-state index >= 15 is 0 Å². The van der Waals surface area contributed by atoms with Crippen LogP contribution in [0.1, 0.15) is 39.1 Å². The van der Waals surface area contributed by atoms with Crippen LogP contribution in [-0.4, -0.2) is 48.7 Å². The van der Waals surface area contributed by atoms with Crippen molar-refractivity contribution in [2.45, 2.75) is 34.1 Å². The van der Waals surface area contributed by atoms with Gasteiger partial charge in [-0.2, -0.15) is 0 Å². The third-order valence-corrected chi connectivity index (χ3v) is 5.30. The highest BCUT2D eigenvalue weighted by Crippen LogP contribution is 2.23. The maximum absolute atomic E-state index is 11.9. The van der Waals surface area contributed by atoms with Gasteiger partial charge in [-0.1, -0.05) is 30.7 Å². The largest absolute Gasteiger partial charge is 0.492 e. The maximum Gasteiger partial charge on any atom is 0.311 e. The van der Waals surface area contributed by atoms with Gasteiger partial charge in [0.2, 0.25) is 0 Å². The minimum Gasteiger partial charge on any atom is -0.492 e. The average molecular weight is 459 g/mol. The summed E-state index contributed by atoms with van der Waals surface area (Å²) >= 11 is 5.94. The fraction of sp³-hybridized carbons (Fsp3) is 0.440. The lowest BCUT2D eigenvalue weighted by Gasteiger charge is -2.22. The van der Waals surface area contributed by atoms with Gasteiger partial charge in [-0.05, 0) is 57.1 Å². The first-order valence-electron chi connectivity index (χ1n) is 10.9. The number of carbonyl (C=O) groups is 1. The van der Waals surface area contributed by atoms with E-state index in [0.717, 1.165) is 29.9 Å². The molecule has 3 aromatic rings. The SMILES string of the molecule is CCN(CCOC(=O)C(C)(C)C)CCOc1ccc2nc(Cc3ccc(Cl)cc3)oc2c1. The third kappa shape index (κ3) is 6.97. The van der Waals surface area contributed by atoms with E-state index in [4.69, 9.17) is 25.5 Å². The Labute approximate surface area is 194 Å². The molecule has 0 aliphatic heterocycles. The summed E-state index contributed by atoms with van der Waals surface area (Å²) in [5.41, 5.74) is 2.11. The Bertz CT molecular complexity index is 1020. The number of ether oxygens (including phenoxy) is 2. The van der Waals surface area contributed by atoms with E-state index in [9.17, 15) is 4.79 Å². The zero-order valence-electron chi connectivity index (χ0n) is 19.2. The number of carbonyl (C=O) groups excluding carboxylic acids is 1. The number of hydrogen-bond donors (Lipinski definition) is 0. The lowest BCUT2D eigenvalue weighted by Crippen LogP contribution is -2.33. The van der Waals surface area contributed by atoms with Gasteiger partial charge in [-0.15, -0.1) is 0 Å². The predicted octanol–water partition coefficient (Wildman–Crippen LogP) is 5.36. The van der Waals surface area contributed by atoms with Crippen molar-refractivity contribution in [3.05, 3.63) is 58.9 Å². The van der Waals surface area contributed by atoms with Crippen LogP contribution >= 0.6 is 11.6 Å². The Morgan fingerprint density at radius 1 is 1.09 bits per heavy atom. The number of halogens is 1. The molecule has 0 spiro atoms. The van der Waals surface area contributed by atoms with Crippen molar-refractivity contribution in [1.29, 1.82) is 0 Å². The molecule has 0 N–H and O–H groups in total. The summed E-state index contributed by atoms with van der Waals surface area (Å²) in [6.07, 6.45) is 0.604. The van der Waals surface area contributed by atoms with Gasteiger partial charge < -0.3 is 13.9 Å². The molecule has 0 saturated carbocycles. The van der Waals surface area contributed by atoms with Gasteiger partial charge >= 0.3 is 5.97 Å². The monoisotopic (exact) mass is 458 g/mol. The minimum atomic E-state index is -0.478. The van der Waals surface area contributed by atoms with Crippen LogP contribution in [0.5, 0.6) is 5.75 Å². The molecule has 32 heavy (non-hydrogen) atoms. The highest BCUT2D eigenvalue weighted by molar-refractivity contribution is 6.30. The Morgan fingerprint density at radius 2 is 1.81 bits per heavy atom. The topological polar surface area (TPSA) is 64.8 Å². The molecule has 0 bridgehead atoms. The third-order valence-electron chi connectivity index (χ3n) is 5.05. The van der Waals surface area contributed by atoms with Gasteiger partial charge in [0.05, 0.1) is 5.41 Å². The normalized spacial score (nSPS) is 11.8. The molecule has 0 amide bonds. The molecule has 1 aromatic heterocycles. The van der Waals surface area contributed by atoms with Crippen LogP contribution in [0.15, 0.2) is 46.9 Å². The van der Waals surface area contributed by atoms with E-state index in [0.29, 0.717) is 42.7 Å². The molecule has 0 aliphatic carbocycles. The second kappa shape index (κ2) is 10.8. The number of nitrogens with zero attached hydrogens (tertiary/aromatic N) is 2. The number of fused-ring (bicyclic) bond motifs is 1. The molecule has 172 valence electrons. The number of hydrogen-bond acceptors (Lipinski definition) is 6. The predicted molar refractivity (Wildman–Crippen MR) is 126 cm³/mol. The molecule has 0 saturated heterocycles. The lowest BCUT2D eigenvalue weighted by molar-refractivity contribution is -0.153. The number of likely N-dealkylation sites (N-methyl/N-ethyl adjacent to an activating group) is 1. The summed E-state index contributed by atoms with van der Waals surface area (Å²) in [5.74, 6) is 1.21. The van der Waals surface area contributed by atoms with Gasteiger partial charge in [-0.25, -0.2) is 4.98 Å². The lowest BCUT2D eigenvalue weighted by atomic mass is 9.97. The van der Waals surface area contributed by atoms with Crippen LogP contribution in [0.3, 0.4) is 0 Å². The number of aromatic nitrogens is 1. The summed E-state index contributed by atoms with van der Waals surface area (Å²) in [6.45, 7) is 10.8. The van der Waals surface area contributed by atoms with Crippen LogP contribution in [0, 0.1) is 5.41 Å². The summed E-state index contributed by atoms with van der Waals surface area (Å²) < 4.78 is 17.2. The molecule has 0 radical (unpaired) electrons. The molecule has 0 fully saturated rings. The Morgan fingerprint density at radius 3 is 2.50 bits per heavy atom. The summed E-state index contributed by atoms with van der Waals surface area (Å²) in [5, 5.41) is 0.709. The highest BCUT2D eigenvalue weighted by atomic mass is 35.5. The summed E-state index contributed by atoms with van der Waals surface area (Å²) in [4.78, 5) is 18.6. The molecule has 2 aromatic carbocycles. The number of esters is 1. The number of rotatable bonds is 10. The van der Waals surface area contributed by atoms with Crippen LogP contribution < -0.4 is 4.74 Å². The Balaban J connectivity index is 1.49. The van der Waals surface area contributed by atoms with Gasteiger partial charge in [0, 0.05) is 30.6 Å². The van der Waals surface area contributed by atoms with Crippen LogP contribution in [0.4, 0.5) is 0 Å². The molecule has 0 atom stereocenters. The number of benzene rings is 2. The zero-order chi connectivity index (χ0) is 23.1. The molecule has 0 unspecified atom stereocenters. The molecular formula is C25H31ClN2O4. The Kier molecular flexibility index (Phi) is 8.15. The number of oxazole rings is 1. The first-order valence-corrected chi connectivity index (χ1v) is 11.3. The van der Waals surface area contributed by atoms with Gasteiger partial charge in [0.15, 0.2) is 11.5 Å². The first kappa shape index (κ1) is 24.1. The molecule has 6 nitrogen and oxygen atoms in total. The average Bonchev–Trinajstić information content (AvgIpc) is 3.15. The van der Waals surface area contributed by atoms with E-state index in [-0.39, 0.29) is 5.97 Å². The van der Waals surface area contributed by atoms with Crippen LogP contribution in [0.25, 0.3) is 11.1 Å². The quantitative estimate of drug-likeness (QED) is 0.381. The van der Waals surface area contributed by atoms with E-state index in [2.05, 4.69) is 16.8 Å². The molecule has 1 heterocycles. The second-order valence-electron chi connectivity index (χ2n) is 8.71. The smallest absolute Gasteiger partial charge is 0.311 e. The van der Waals surface area contributed by atoms with Gasteiger partial charge in [-0.3, -0.25) is 9.69 Å². The van der Waals surface area contributed by atoms with Crippen molar-refractivity contribution in [3.8, 4) is 5.75 Å². The zero-order valence-corrected chi connectivity index (χ0v) is 19.9. The van der Waals surface area contributed by atoms with Crippen LogP contribution in [0.2, 0.25) is 5.02 Å². The van der Waals surface area contributed by atoms with E-state index in [1.54, 1.807) is 0 Å². The van der Waals surface area contributed by atoms with Gasteiger partial charge in [0.25, 0.3) is 0 Å². The molecule has 0 aliphatic rings. The van der Waals surface area contributed by atoms with E-state index < -0.39 is 5.41 Å². The van der Waals surface area contributed by atoms with Crippen molar-refractivity contribution >= 4 is 28.7 Å². The summed E-state index contributed by atoms with van der Waals surface area (Å²) in [7, 11) is 0. The molecule has 7 heteroatoms. The van der Waals surface area contributed by atoms with Crippen molar-refractivity contribution in [2.75, 3.05) is 32.8 Å². The first-order chi connectivity index (χ1) is 15.2. The van der Waals surface area contributed by atoms with Crippen molar-refractivity contribution < 1.29 is 18.7 Å². The second-order valence-corrected chi connectivity index (χ2v) is 9.15. The van der Waals surface area contributed by atoms with Crippen molar-refractivity contribution in [3.63, 3.8) is 0 Å². The molecular weight excluding hydrogens is 428 g/mol. The van der Waals surface area contributed by atoms with Crippen molar-refractivity contribution in [2.24, 2.45) is 5.41 Å². The van der Waals surface area contributed by atoms with E-state index in [1.807, 2.05) is 63.2 Å². The van der Waals surface area contributed by atoms with Crippen LogP contribution in [-0.2, 0) is 16.0 Å². The minimum absolute atomic E-state index is 0.180. The standard InChI is InChI=1S/C25H31ClN2O4/c1-5-28(13-15-31-24(29)25(2,3)4)12-14-30-20-10-11-21-22(17-20)32-23(27-21)16-18-6-8-19(26)9-7-18/h6-11,17H,5,12-16H2,1-4H3. The molecule has 3 rings (SSSR count). The van der Waals surface area contributed by atoms with Crippen molar-refractivity contribution in [1.82, 2.24) is 9.88 Å².